The number of hydrogen-bond donors (Lipinski definition) is 3. The van der Waals surface area contributed by atoms with Gasteiger partial charge in [-0.3, -0.25) is 14.2 Å². The minimum atomic E-state index is -0.573. The van der Waals surface area contributed by atoms with E-state index < -0.39 is 5.91 Å². The first kappa shape index (κ1) is 29.3. The molecule has 1 aliphatic carbocycles. The molecule has 0 atom stereocenters. The standard InChI is InChI=1S/C23H19N7.C11H12N4O2/c24-21-18(6-2-11-25-21)22-27-19-9-10-20(29-13-3-12-26-29)28-23(19)30(22)17-8-7-15-4-1-5-16(15)14-17;1-15(2)11-13-8-4-6(10(12)17)3-7(5-16)9(8)14-11/h2-3,6-14H,1,4-5H2,(H2,24,25);3-5H,1-2H3,(H2,12,17)(H,13,14). The average Bonchev–Trinajstić information content (AvgIpc) is 3.89. The Morgan fingerprint density at radius 3 is 2.57 bits per heavy atom. The summed E-state index contributed by atoms with van der Waals surface area (Å²) in [7, 11) is 3.65. The Balaban J connectivity index is 0.000000176. The van der Waals surface area contributed by atoms with Gasteiger partial charge in [0.1, 0.15) is 16.9 Å². The van der Waals surface area contributed by atoms with Crippen molar-refractivity contribution in [3.8, 4) is 22.9 Å². The van der Waals surface area contributed by atoms with Crippen molar-refractivity contribution in [3.05, 3.63) is 102 Å². The lowest BCUT2D eigenvalue weighted by molar-refractivity contribution is 0.100. The molecule has 8 rings (SSSR count). The molecule has 0 saturated heterocycles. The van der Waals surface area contributed by atoms with E-state index in [0.29, 0.717) is 34.6 Å². The number of hydrogen-bond acceptors (Lipinski definition) is 9. The van der Waals surface area contributed by atoms with E-state index in [2.05, 4.69) is 42.8 Å². The number of imidazole rings is 2. The predicted octanol–water partition coefficient (Wildman–Crippen LogP) is 4.28. The van der Waals surface area contributed by atoms with Crippen molar-refractivity contribution in [1.82, 2.24) is 39.3 Å². The molecule has 234 valence electrons. The van der Waals surface area contributed by atoms with Crippen molar-refractivity contribution in [3.63, 3.8) is 0 Å². The topological polar surface area (TPSA) is 180 Å². The van der Waals surface area contributed by atoms with Gasteiger partial charge in [0.25, 0.3) is 0 Å². The van der Waals surface area contributed by atoms with Gasteiger partial charge >= 0.3 is 0 Å². The number of fused-ring (bicyclic) bond motifs is 3. The maximum absolute atomic E-state index is 11.1. The van der Waals surface area contributed by atoms with Gasteiger partial charge in [-0.25, -0.2) is 24.6 Å². The number of aryl methyl sites for hydroxylation is 2. The number of carbonyl (C=O) groups excluding carboxylic acids is 2. The van der Waals surface area contributed by atoms with Gasteiger partial charge in [-0.1, -0.05) is 6.07 Å². The summed E-state index contributed by atoms with van der Waals surface area (Å²) in [5.41, 5.74) is 19.4. The van der Waals surface area contributed by atoms with Crippen LogP contribution in [0.25, 0.3) is 45.1 Å². The second kappa shape index (κ2) is 11.9. The lowest BCUT2D eigenvalue weighted by Crippen LogP contribution is -2.11. The van der Waals surface area contributed by atoms with Crippen LogP contribution < -0.4 is 16.4 Å². The van der Waals surface area contributed by atoms with Gasteiger partial charge in [-0.2, -0.15) is 5.10 Å². The SMILES string of the molecule is CN(C)c1nc2c(C=O)cc(C(N)=O)cc2[nH]1.Nc1ncccc1-c1nc2ccc(-n3cccn3)nc2n1-c1ccc2c(c1)CCC2. The molecule has 0 bridgehead atoms. The van der Waals surface area contributed by atoms with Crippen LogP contribution in [0.3, 0.4) is 0 Å². The zero-order valence-corrected chi connectivity index (χ0v) is 25.8. The molecule has 47 heavy (non-hydrogen) atoms. The van der Waals surface area contributed by atoms with Crippen LogP contribution in [0.5, 0.6) is 0 Å². The number of benzene rings is 2. The van der Waals surface area contributed by atoms with Crippen LogP contribution in [0.15, 0.2) is 79.3 Å². The van der Waals surface area contributed by atoms with Gasteiger partial charge in [-0.15, -0.1) is 0 Å². The first-order valence-corrected chi connectivity index (χ1v) is 15.0. The lowest BCUT2D eigenvalue weighted by Gasteiger charge is -2.12. The number of pyridine rings is 2. The number of nitrogens with zero attached hydrogens (tertiary/aromatic N) is 8. The number of primary amides is 1. The zero-order valence-electron chi connectivity index (χ0n) is 25.8. The lowest BCUT2D eigenvalue weighted by atomic mass is 10.1. The zero-order chi connectivity index (χ0) is 32.7. The molecule has 1 aliphatic rings. The minimum absolute atomic E-state index is 0.286. The fraction of sp³-hybridized carbons (Fsp3) is 0.147. The van der Waals surface area contributed by atoms with Crippen LogP contribution in [0.2, 0.25) is 0 Å². The summed E-state index contributed by atoms with van der Waals surface area (Å²) in [6.07, 6.45) is 9.42. The van der Waals surface area contributed by atoms with Gasteiger partial charge in [0.2, 0.25) is 11.9 Å². The molecule has 5 N–H and O–H groups in total. The Morgan fingerprint density at radius 2 is 1.83 bits per heavy atom. The van der Waals surface area contributed by atoms with Crippen LogP contribution in [-0.4, -0.2) is 65.6 Å². The normalized spacial score (nSPS) is 12.1. The smallest absolute Gasteiger partial charge is 0.248 e. The van der Waals surface area contributed by atoms with Gasteiger partial charge in [0.15, 0.2) is 23.6 Å². The highest BCUT2D eigenvalue weighted by atomic mass is 16.1. The van der Waals surface area contributed by atoms with Crippen LogP contribution in [0.4, 0.5) is 11.8 Å². The number of nitrogens with one attached hydrogen (secondary N) is 1. The number of nitrogens with two attached hydrogens (primary N) is 2. The summed E-state index contributed by atoms with van der Waals surface area (Å²) in [5.74, 6) is 1.96. The van der Waals surface area contributed by atoms with Gasteiger partial charge in [0.05, 0.1) is 11.1 Å². The van der Waals surface area contributed by atoms with E-state index >= 15 is 0 Å². The molecule has 0 unspecified atom stereocenters. The first-order chi connectivity index (χ1) is 22.8. The fourth-order valence-electron chi connectivity index (χ4n) is 5.78. The highest BCUT2D eigenvalue weighted by Gasteiger charge is 2.20. The summed E-state index contributed by atoms with van der Waals surface area (Å²) in [6, 6.07) is 19.2. The van der Waals surface area contributed by atoms with Crippen molar-refractivity contribution in [2.24, 2.45) is 5.73 Å². The number of nitrogen functional groups attached to an aromatic ring is 1. The van der Waals surface area contributed by atoms with E-state index in [0.717, 1.165) is 46.9 Å². The van der Waals surface area contributed by atoms with E-state index in [4.69, 9.17) is 21.4 Å². The highest BCUT2D eigenvalue weighted by molar-refractivity contribution is 6.02. The van der Waals surface area contributed by atoms with Crippen LogP contribution in [0, 0.1) is 0 Å². The van der Waals surface area contributed by atoms with E-state index in [1.165, 1.54) is 23.6 Å². The second-order valence-corrected chi connectivity index (χ2v) is 11.4. The van der Waals surface area contributed by atoms with Crippen molar-refractivity contribution in [2.45, 2.75) is 19.3 Å². The Kier molecular flexibility index (Phi) is 7.40. The quantitative estimate of drug-likeness (QED) is 0.227. The molecule has 1 amide bonds. The minimum Gasteiger partial charge on any atom is -0.383 e. The van der Waals surface area contributed by atoms with E-state index in [1.54, 1.807) is 28.0 Å². The largest absolute Gasteiger partial charge is 0.383 e. The van der Waals surface area contributed by atoms with Crippen molar-refractivity contribution in [2.75, 3.05) is 24.7 Å². The molecule has 5 aromatic heterocycles. The molecule has 0 spiro atoms. The van der Waals surface area contributed by atoms with Crippen molar-refractivity contribution >= 4 is 46.2 Å². The fourth-order valence-corrected chi connectivity index (χ4v) is 5.78. The van der Waals surface area contributed by atoms with Crippen molar-refractivity contribution < 1.29 is 9.59 Å². The first-order valence-electron chi connectivity index (χ1n) is 15.0. The third-order valence-electron chi connectivity index (χ3n) is 8.09. The molecule has 7 aromatic rings. The number of amides is 1. The second-order valence-electron chi connectivity index (χ2n) is 11.4. The molecular weight excluding hydrogens is 594 g/mol. The van der Waals surface area contributed by atoms with Gasteiger partial charge in [0, 0.05) is 49.5 Å². The highest BCUT2D eigenvalue weighted by Crippen LogP contribution is 2.33. The number of anilines is 2. The summed E-state index contributed by atoms with van der Waals surface area (Å²) in [5, 5.41) is 4.32. The Hall–Kier alpha value is -6.37. The Morgan fingerprint density at radius 1 is 0.979 bits per heavy atom. The molecular formula is C34H31N11O2. The molecule has 0 fully saturated rings. The molecule has 2 aromatic carbocycles. The average molecular weight is 626 g/mol. The summed E-state index contributed by atoms with van der Waals surface area (Å²) in [6.45, 7) is 0. The van der Waals surface area contributed by atoms with E-state index in [1.807, 2.05) is 50.6 Å². The maximum atomic E-state index is 11.1. The molecule has 5 heterocycles. The summed E-state index contributed by atoms with van der Waals surface area (Å²) in [4.78, 5) is 45.2. The molecule has 0 aliphatic heterocycles. The van der Waals surface area contributed by atoms with Crippen LogP contribution in [0.1, 0.15) is 38.3 Å². The number of aldehydes is 1. The van der Waals surface area contributed by atoms with Crippen LogP contribution in [-0.2, 0) is 12.8 Å². The number of aromatic nitrogens is 8. The number of carbonyl (C=O) groups is 2. The van der Waals surface area contributed by atoms with Gasteiger partial charge < -0.3 is 21.4 Å². The Bertz CT molecular complexity index is 2280. The van der Waals surface area contributed by atoms with E-state index in [-0.39, 0.29) is 5.56 Å². The third kappa shape index (κ3) is 5.43. The van der Waals surface area contributed by atoms with Crippen molar-refractivity contribution in [1.29, 1.82) is 0 Å². The number of H-pyrrole nitrogens is 1. The Labute approximate surface area is 268 Å². The number of aromatic amines is 1. The summed E-state index contributed by atoms with van der Waals surface area (Å²) >= 11 is 0. The number of rotatable bonds is 6. The monoisotopic (exact) mass is 625 g/mol. The summed E-state index contributed by atoms with van der Waals surface area (Å²) < 4.78 is 3.83. The molecule has 13 heteroatoms. The molecule has 13 nitrogen and oxygen atoms in total. The van der Waals surface area contributed by atoms with Crippen LogP contribution >= 0.6 is 0 Å². The maximum Gasteiger partial charge on any atom is 0.248 e. The molecule has 0 saturated carbocycles. The third-order valence-corrected chi connectivity index (χ3v) is 8.09. The molecule has 0 radical (unpaired) electrons. The van der Waals surface area contributed by atoms with E-state index in [9.17, 15) is 9.59 Å². The van der Waals surface area contributed by atoms with Gasteiger partial charge in [-0.05, 0) is 85.0 Å². The predicted molar refractivity (Wildman–Crippen MR) is 180 cm³/mol.